The highest BCUT2D eigenvalue weighted by Gasteiger charge is 2.32. The van der Waals surface area contributed by atoms with Gasteiger partial charge in [0.2, 0.25) is 5.91 Å². The van der Waals surface area contributed by atoms with Crippen LogP contribution in [0.25, 0.3) is 11.3 Å². The minimum Gasteiger partial charge on any atom is -0.507 e. The molecule has 28 heavy (non-hydrogen) atoms. The zero-order valence-electron chi connectivity index (χ0n) is 16.2. The van der Waals surface area contributed by atoms with E-state index in [4.69, 9.17) is 0 Å². The third kappa shape index (κ3) is 4.18. The van der Waals surface area contributed by atoms with Crippen LogP contribution in [0.3, 0.4) is 0 Å². The zero-order valence-corrected chi connectivity index (χ0v) is 16.2. The van der Waals surface area contributed by atoms with Crippen molar-refractivity contribution in [1.82, 2.24) is 15.1 Å². The van der Waals surface area contributed by atoms with Crippen molar-refractivity contribution in [3.8, 4) is 17.0 Å². The number of hydrogen-bond acceptors (Lipinski definition) is 4. The Morgan fingerprint density at radius 2 is 1.96 bits per heavy atom. The molecule has 2 amide bonds. The van der Waals surface area contributed by atoms with Crippen LogP contribution in [0.2, 0.25) is 0 Å². The van der Waals surface area contributed by atoms with Gasteiger partial charge in [0, 0.05) is 29.6 Å². The van der Waals surface area contributed by atoms with Gasteiger partial charge in [-0.05, 0) is 55.9 Å². The Kier molecular flexibility index (Phi) is 4.83. The summed E-state index contributed by atoms with van der Waals surface area (Å²) < 4.78 is 1.44. The molecule has 0 radical (unpaired) electrons. The van der Waals surface area contributed by atoms with Gasteiger partial charge in [-0.3, -0.25) is 4.79 Å². The highest BCUT2D eigenvalue weighted by molar-refractivity contribution is 5.92. The molecule has 0 spiro atoms. The number of carbonyl (C=O) groups is 2. The number of aromatic hydroxyl groups is 1. The number of amides is 2. The Balaban J connectivity index is 1.61. The highest BCUT2D eigenvalue weighted by Crippen LogP contribution is 2.42. The van der Waals surface area contributed by atoms with Crippen molar-refractivity contribution in [2.75, 3.05) is 5.32 Å². The van der Waals surface area contributed by atoms with Crippen molar-refractivity contribution >= 4 is 17.6 Å². The molecule has 2 saturated carbocycles. The molecule has 1 aromatic carbocycles. The van der Waals surface area contributed by atoms with Crippen molar-refractivity contribution in [2.24, 2.45) is 5.92 Å². The van der Waals surface area contributed by atoms with E-state index in [0.717, 1.165) is 31.4 Å². The fourth-order valence-corrected chi connectivity index (χ4v) is 3.22. The summed E-state index contributed by atoms with van der Waals surface area (Å²) >= 11 is 0. The molecular formula is C21H26N4O3. The third-order valence-electron chi connectivity index (χ3n) is 4.98. The van der Waals surface area contributed by atoms with Crippen LogP contribution in [0.15, 0.2) is 24.3 Å². The van der Waals surface area contributed by atoms with Crippen LogP contribution in [0.4, 0.5) is 10.5 Å². The summed E-state index contributed by atoms with van der Waals surface area (Å²) in [6.07, 6.45) is 4.53. The lowest BCUT2D eigenvalue weighted by atomic mass is 10.1. The van der Waals surface area contributed by atoms with Gasteiger partial charge in [-0.2, -0.15) is 9.78 Å². The molecule has 0 saturated heterocycles. The van der Waals surface area contributed by atoms with E-state index in [1.54, 1.807) is 18.2 Å². The van der Waals surface area contributed by atoms with E-state index in [1.807, 2.05) is 19.9 Å². The summed E-state index contributed by atoms with van der Waals surface area (Å²) in [5, 5.41) is 20.7. The molecule has 1 aromatic heterocycles. The van der Waals surface area contributed by atoms with E-state index in [2.05, 4.69) is 15.7 Å². The number of rotatable bonds is 6. The second kappa shape index (κ2) is 7.30. The van der Waals surface area contributed by atoms with Gasteiger partial charge < -0.3 is 15.7 Å². The standard InChI is InChI=1S/C21H26N4O3/c1-12(2)9-20(27)22-15-7-8-19(26)16(10-15)17-11-18(13-3-4-13)25(24-17)21(28)23-14-5-6-14/h7-8,10-14,26H,3-6,9H2,1-2H3,(H,22,27)(H,23,28). The maximum atomic E-state index is 12.6. The summed E-state index contributed by atoms with van der Waals surface area (Å²) in [6, 6.07) is 6.82. The first-order valence-electron chi connectivity index (χ1n) is 9.94. The van der Waals surface area contributed by atoms with E-state index in [1.165, 1.54) is 4.68 Å². The molecule has 4 rings (SSSR count). The Bertz CT molecular complexity index is 910. The third-order valence-corrected chi connectivity index (χ3v) is 4.98. The number of phenolic OH excluding ortho intramolecular Hbond substituents is 1. The van der Waals surface area contributed by atoms with Gasteiger partial charge in [0.15, 0.2) is 0 Å². The minimum atomic E-state index is -0.212. The number of hydrogen-bond donors (Lipinski definition) is 3. The number of nitrogens with zero attached hydrogens (tertiary/aromatic N) is 2. The fraction of sp³-hybridized carbons (Fsp3) is 0.476. The quantitative estimate of drug-likeness (QED) is 0.662. The van der Waals surface area contributed by atoms with E-state index in [0.29, 0.717) is 29.3 Å². The van der Waals surface area contributed by atoms with Gasteiger partial charge in [0.05, 0.1) is 11.4 Å². The number of carbonyl (C=O) groups excluding carboxylic acids is 2. The summed E-state index contributed by atoms with van der Waals surface area (Å²) in [5.41, 5.74) is 2.51. The summed E-state index contributed by atoms with van der Waals surface area (Å²) in [4.78, 5) is 24.6. The van der Waals surface area contributed by atoms with Crippen LogP contribution < -0.4 is 10.6 Å². The molecule has 7 nitrogen and oxygen atoms in total. The number of phenols is 1. The Morgan fingerprint density at radius 1 is 1.21 bits per heavy atom. The van der Waals surface area contributed by atoms with Crippen LogP contribution in [0.5, 0.6) is 5.75 Å². The number of nitrogens with one attached hydrogen (secondary N) is 2. The van der Waals surface area contributed by atoms with Crippen molar-refractivity contribution in [1.29, 1.82) is 0 Å². The maximum absolute atomic E-state index is 12.6. The lowest BCUT2D eigenvalue weighted by Gasteiger charge is -2.09. The van der Waals surface area contributed by atoms with Crippen LogP contribution in [0, 0.1) is 5.92 Å². The van der Waals surface area contributed by atoms with E-state index >= 15 is 0 Å². The SMILES string of the molecule is CC(C)CC(=O)Nc1ccc(O)c(-c2cc(C3CC3)n(C(=O)NC3CC3)n2)c1. The van der Waals surface area contributed by atoms with Crippen molar-refractivity contribution in [2.45, 2.75) is 57.9 Å². The summed E-state index contributed by atoms with van der Waals surface area (Å²) in [7, 11) is 0. The number of aromatic nitrogens is 2. The van der Waals surface area contributed by atoms with Crippen LogP contribution in [-0.4, -0.2) is 32.9 Å². The van der Waals surface area contributed by atoms with Crippen LogP contribution >= 0.6 is 0 Å². The second-order valence-corrected chi connectivity index (χ2v) is 8.24. The average molecular weight is 382 g/mol. The van der Waals surface area contributed by atoms with E-state index in [9.17, 15) is 14.7 Å². The Labute approximate surface area is 164 Å². The highest BCUT2D eigenvalue weighted by atomic mass is 16.3. The largest absolute Gasteiger partial charge is 0.507 e. The monoisotopic (exact) mass is 382 g/mol. The van der Waals surface area contributed by atoms with Crippen LogP contribution in [0.1, 0.15) is 57.6 Å². The molecule has 148 valence electrons. The molecule has 2 aliphatic rings. The molecular weight excluding hydrogens is 356 g/mol. The molecule has 0 aliphatic heterocycles. The van der Waals surface area contributed by atoms with Crippen molar-refractivity contribution < 1.29 is 14.7 Å². The van der Waals surface area contributed by atoms with Gasteiger partial charge in [-0.1, -0.05) is 13.8 Å². The molecule has 2 aromatic rings. The first-order chi connectivity index (χ1) is 13.4. The lowest BCUT2D eigenvalue weighted by molar-refractivity contribution is -0.116. The first-order valence-corrected chi connectivity index (χ1v) is 9.94. The molecule has 3 N–H and O–H groups in total. The predicted molar refractivity (Wildman–Crippen MR) is 106 cm³/mol. The van der Waals surface area contributed by atoms with Gasteiger partial charge in [0.1, 0.15) is 5.75 Å². The molecule has 0 atom stereocenters. The molecule has 2 fully saturated rings. The maximum Gasteiger partial charge on any atom is 0.342 e. The normalized spacial score (nSPS) is 16.2. The molecule has 0 bridgehead atoms. The van der Waals surface area contributed by atoms with Crippen molar-refractivity contribution in [3.63, 3.8) is 0 Å². The summed E-state index contributed by atoms with van der Waals surface area (Å²) in [5.74, 6) is 0.594. The van der Waals surface area contributed by atoms with Crippen molar-refractivity contribution in [3.05, 3.63) is 30.0 Å². The molecule has 2 aliphatic carbocycles. The van der Waals surface area contributed by atoms with Gasteiger partial charge in [0.25, 0.3) is 0 Å². The number of benzene rings is 1. The Morgan fingerprint density at radius 3 is 2.61 bits per heavy atom. The van der Waals surface area contributed by atoms with E-state index in [-0.39, 0.29) is 29.6 Å². The average Bonchev–Trinajstić information content (AvgIpc) is 3.55. The first kappa shape index (κ1) is 18.5. The Hall–Kier alpha value is -2.83. The van der Waals surface area contributed by atoms with Gasteiger partial charge in [-0.25, -0.2) is 4.79 Å². The molecule has 0 unspecified atom stereocenters. The second-order valence-electron chi connectivity index (χ2n) is 8.24. The van der Waals surface area contributed by atoms with Crippen LogP contribution in [-0.2, 0) is 4.79 Å². The minimum absolute atomic E-state index is 0.0662. The molecule has 7 heteroatoms. The topological polar surface area (TPSA) is 96.2 Å². The molecule has 1 heterocycles. The van der Waals surface area contributed by atoms with Gasteiger partial charge in [-0.15, -0.1) is 0 Å². The fourth-order valence-electron chi connectivity index (χ4n) is 3.22. The summed E-state index contributed by atoms with van der Waals surface area (Å²) in [6.45, 7) is 3.97. The smallest absolute Gasteiger partial charge is 0.342 e. The van der Waals surface area contributed by atoms with Gasteiger partial charge >= 0.3 is 6.03 Å². The predicted octanol–water partition coefficient (Wildman–Crippen LogP) is 3.84. The zero-order chi connectivity index (χ0) is 19.8. The lowest BCUT2D eigenvalue weighted by Crippen LogP contribution is -2.32. The number of anilines is 1. The van der Waals surface area contributed by atoms with E-state index < -0.39 is 0 Å².